The first-order valence-corrected chi connectivity index (χ1v) is 6.06. The van der Waals surface area contributed by atoms with Crippen LogP contribution in [0.3, 0.4) is 0 Å². The Bertz CT molecular complexity index is 560. The van der Waals surface area contributed by atoms with E-state index in [2.05, 4.69) is 0 Å². The van der Waals surface area contributed by atoms with Gasteiger partial charge >= 0.3 is 0 Å². The molecule has 2 aromatic rings. The summed E-state index contributed by atoms with van der Waals surface area (Å²) in [5.41, 5.74) is 3.42. The Morgan fingerprint density at radius 1 is 1.06 bits per heavy atom. The lowest BCUT2D eigenvalue weighted by atomic mass is 9.98. The number of aliphatic hydroxyl groups excluding tert-OH is 1. The molecule has 0 heterocycles. The Morgan fingerprint density at radius 3 is 2.22 bits per heavy atom. The first-order chi connectivity index (χ1) is 8.47. The Morgan fingerprint density at radius 2 is 1.67 bits per heavy atom. The second kappa shape index (κ2) is 5.09. The van der Waals surface area contributed by atoms with Crippen LogP contribution >= 0.6 is 11.6 Å². The monoisotopic (exact) mass is 264 g/mol. The van der Waals surface area contributed by atoms with Crippen molar-refractivity contribution in [2.24, 2.45) is 0 Å². The highest BCUT2D eigenvalue weighted by atomic mass is 35.5. The van der Waals surface area contributed by atoms with Crippen molar-refractivity contribution < 1.29 is 9.50 Å². The smallest absolute Gasteiger partial charge is 0.124 e. The van der Waals surface area contributed by atoms with Crippen molar-refractivity contribution in [3.8, 4) is 0 Å². The largest absolute Gasteiger partial charge is 0.384 e. The number of hydrogen-bond acceptors (Lipinski definition) is 1. The summed E-state index contributed by atoms with van der Waals surface area (Å²) in [6.45, 7) is 3.94. The van der Waals surface area contributed by atoms with Gasteiger partial charge in [-0.3, -0.25) is 0 Å². The zero-order valence-electron chi connectivity index (χ0n) is 10.2. The Hall–Kier alpha value is -1.38. The number of aryl methyl sites for hydroxylation is 2. The molecule has 0 aliphatic rings. The van der Waals surface area contributed by atoms with E-state index in [1.54, 1.807) is 0 Å². The average Bonchev–Trinajstić information content (AvgIpc) is 2.26. The molecule has 0 aliphatic carbocycles. The second-order valence-electron chi connectivity index (χ2n) is 4.49. The van der Waals surface area contributed by atoms with Crippen molar-refractivity contribution in [1.82, 2.24) is 0 Å². The van der Waals surface area contributed by atoms with Crippen LogP contribution < -0.4 is 0 Å². The fourth-order valence-corrected chi connectivity index (χ4v) is 2.34. The SMILES string of the molecule is Cc1cc(C)cc(C(O)c2ccc(F)cc2Cl)c1. The molecule has 2 rings (SSSR count). The van der Waals surface area contributed by atoms with Gasteiger partial charge in [0.25, 0.3) is 0 Å². The van der Waals surface area contributed by atoms with E-state index in [0.717, 1.165) is 16.7 Å². The normalized spacial score (nSPS) is 12.5. The van der Waals surface area contributed by atoms with Gasteiger partial charge < -0.3 is 5.11 Å². The van der Waals surface area contributed by atoms with Crippen LogP contribution in [0.25, 0.3) is 0 Å². The Balaban J connectivity index is 2.44. The van der Waals surface area contributed by atoms with Gasteiger partial charge in [-0.05, 0) is 31.5 Å². The summed E-state index contributed by atoms with van der Waals surface area (Å²) in [5.74, 6) is -0.406. The summed E-state index contributed by atoms with van der Waals surface area (Å²) in [6, 6.07) is 9.85. The number of halogens is 2. The highest BCUT2D eigenvalue weighted by Gasteiger charge is 2.15. The maximum Gasteiger partial charge on any atom is 0.124 e. The molecule has 94 valence electrons. The van der Waals surface area contributed by atoms with Gasteiger partial charge in [0.05, 0.1) is 0 Å². The van der Waals surface area contributed by atoms with Crippen LogP contribution in [0.15, 0.2) is 36.4 Å². The number of benzene rings is 2. The van der Waals surface area contributed by atoms with Crippen LogP contribution in [0.4, 0.5) is 4.39 Å². The predicted octanol–water partition coefficient (Wildman–Crippen LogP) is 4.18. The minimum absolute atomic E-state index is 0.238. The molecule has 1 N–H and O–H groups in total. The van der Waals surface area contributed by atoms with Crippen molar-refractivity contribution in [2.75, 3.05) is 0 Å². The van der Waals surface area contributed by atoms with Crippen LogP contribution in [0, 0.1) is 19.7 Å². The van der Waals surface area contributed by atoms with Crippen LogP contribution in [-0.2, 0) is 0 Å². The standard InChI is InChI=1S/C15H14ClFO/c1-9-5-10(2)7-11(6-9)15(18)13-4-3-12(17)8-14(13)16/h3-8,15,18H,1-2H3. The molecule has 0 spiro atoms. The quantitative estimate of drug-likeness (QED) is 0.863. The molecule has 0 aliphatic heterocycles. The summed E-state index contributed by atoms with van der Waals surface area (Å²) in [7, 11) is 0. The van der Waals surface area contributed by atoms with Gasteiger partial charge in [0.15, 0.2) is 0 Å². The number of hydrogen-bond donors (Lipinski definition) is 1. The van der Waals surface area contributed by atoms with E-state index in [1.807, 2.05) is 32.0 Å². The molecule has 2 aromatic carbocycles. The molecule has 1 unspecified atom stereocenters. The van der Waals surface area contributed by atoms with Crippen molar-refractivity contribution in [3.63, 3.8) is 0 Å². The van der Waals surface area contributed by atoms with Crippen LogP contribution in [0.1, 0.15) is 28.4 Å². The first kappa shape index (κ1) is 13.1. The lowest BCUT2D eigenvalue weighted by molar-refractivity contribution is 0.220. The van der Waals surface area contributed by atoms with E-state index >= 15 is 0 Å². The first-order valence-electron chi connectivity index (χ1n) is 5.68. The molecular formula is C15H14ClFO. The summed E-state index contributed by atoms with van der Waals surface area (Å²) < 4.78 is 13.0. The lowest BCUT2D eigenvalue weighted by Gasteiger charge is -2.14. The van der Waals surface area contributed by atoms with Gasteiger partial charge in [0.1, 0.15) is 11.9 Å². The predicted molar refractivity (Wildman–Crippen MR) is 71.4 cm³/mol. The van der Waals surface area contributed by atoms with Crippen LogP contribution in [0.5, 0.6) is 0 Å². The van der Waals surface area contributed by atoms with Gasteiger partial charge in [-0.15, -0.1) is 0 Å². The second-order valence-corrected chi connectivity index (χ2v) is 4.90. The van der Waals surface area contributed by atoms with Crippen molar-refractivity contribution in [3.05, 3.63) is 69.5 Å². The van der Waals surface area contributed by atoms with E-state index in [-0.39, 0.29) is 5.02 Å². The summed E-state index contributed by atoms with van der Waals surface area (Å²) in [6.07, 6.45) is -0.836. The van der Waals surface area contributed by atoms with E-state index in [1.165, 1.54) is 18.2 Å². The maximum absolute atomic E-state index is 13.0. The molecule has 1 atom stereocenters. The summed E-state index contributed by atoms with van der Waals surface area (Å²) in [5, 5.41) is 10.5. The Labute approximate surface area is 111 Å². The molecule has 0 aromatic heterocycles. The van der Waals surface area contributed by atoms with E-state index in [0.29, 0.717) is 5.56 Å². The molecule has 0 radical (unpaired) electrons. The van der Waals surface area contributed by atoms with Crippen molar-refractivity contribution >= 4 is 11.6 Å². The third kappa shape index (κ3) is 2.71. The van der Waals surface area contributed by atoms with E-state index in [9.17, 15) is 9.50 Å². The molecule has 0 bridgehead atoms. The minimum atomic E-state index is -0.836. The maximum atomic E-state index is 13.0. The van der Waals surface area contributed by atoms with Gasteiger partial charge in [-0.1, -0.05) is 47.0 Å². The van der Waals surface area contributed by atoms with Gasteiger partial charge in [-0.2, -0.15) is 0 Å². The molecule has 1 nitrogen and oxygen atoms in total. The lowest BCUT2D eigenvalue weighted by Crippen LogP contribution is -2.02. The van der Waals surface area contributed by atoms with Gasteiger partial charge in [0.2, 0.25) is 0 Å². The topological polar surface area (TPSA) is 20.2 Å². The van der Waals surface area contributed by atoms with Crippen LogP contribution in [0.2, 0.25) is 5.02 Å². The fraction of sp³-hybridized carbons (Fsp3) is 0.200. The average molecular weight is 265 g/mol. The molecule has 3 heteroatoms. The minimum Gasteiger partial charge on any atom is -0.384 e. The molecule has 0 saturated carbocycles. The van der Waals surface area contributed by atoms with Crippen molar-refractivity contribution in [1.29, 1.82) is 0 Å². The highest BCUT2D eigenvalue weighted by Crippen LogP contribution is 2.29. The van der Waals surface area contributed by atoms with E-state index < -0.39 is 11.9 Å². The molecule has 0 amide bonds. The van der Waals surface area contributed by atoms with E-state index in [4.69, 9.17) is 11.6 Å². The van der Waals surface area contributed by atoms with Crippen molar-refractivity contribution in [2.45, 2.75) is 20.0 Å². The van der Waals surface area contributed by atoms with Gasteiger partial charge in [0, 0.05) is 10.6 Å². The van der Waals surface area contributed by atoms with Gasteiger partial charge in [-0.25, -0.2) is 4.39 Å². The molecule has 18 heavy (non-hydrogen) atoms. The molecular weight excluding hydrogens is 251 g/mol. The van der Waals surface area contributed by atoms with Crippen LogP contribution in [-0.4, -0.2) is 5.11 Å². The third-order valence-electron chi connectivity index (χ3n) is 2.82. The zero-order valence-corrected chi connectivity index (χ0v) is 11.0. The highest BCUT2D eigenvalue weighted by molar-refractivity contribution is 6.31. The summed E-state index contributed by atoms with van der Waals surface area (Å²) >= 11 is 5.95. The Kier molecular flexibility index (Phi) is 3.69. The number of aliphatic hydroxyl groups is 1. The summed E-state index contributed by atoms with van der Waals surface area (Å²) in [4.78, 5) is 0. The molecule has 0 saturated heterocycles. The number of rotatable bonds is 2. The zero-order chi connectivity index (χ0) is 13.3. The fourth-order valence-electron chi connectivity index (χ4n) is 2.07. The molecule has 0 fully saturated rings. The third-order valence-corrected chi connectivity index (χ3v) is 3.14.